The van der Waals surface area contributed by atoms with Crippen molar-refractivity contribution in [3.8, 4) is 53.7 Å². The molecule has 0 saturated heterocycles. The van der Waals surface area contributed by atoms with Gasteiger partial charge in [-0.15, -0.1) is 39.5 Å². The van der Waals surface area contributed by atoms with Crippen LogP contribution in [0.5, 0.6) is 17.2 Å². The summed E-state index contributed by atoms with van der Waals surface area (Å²) in [5.41, 5.74) is -20.1. The molecular weight excluding hydrogens is 2150 g/mol. The number of fused-ring (bicyclic) bond motifs is 6. The summed E-state index contributed by atoms with van der Waals surface area (Å²) in [6, 6.07) is 36.7. The summed E-state index contributed by atoms with van der Waals surface area (Å²) in [7, 11) is -27.1. The monoisotopic (exact) mass is 2200 g/mol. The summed E-state index contributed by atoms with van der Waals surface area (Å²) in [6.07, 6.45) is -19.6. The fourth-order valence-corrected chi connectivity index (χ4v) is 24.3. The Kier molecular flexibility index (Phi) is 28.4. The van der Waals surface area contributed by atoms with E-state index in [9.17, 15) is 115 Å². The molecule has 15 rings (SSSR count). The molecule has 0 aliphatic heterocycles. The van der Waals surface area contributed by atoms with Crippen molar-refractivity contribution in [2.24, 2.45) is 0 Å². The number of benzene rings is 9. The van der Waals surface area contributed by atoms with Crippen LogP contribution in [0.3, 0.4) is 0 Å². The van der Waals surface area contributed by atoms with Gasteiger partial charge in [-0.2, -0.15) is 87.0 Å². The van der Waals surface area contributed by atoms with Gasteiger partial charge in [0.25, 0.3) is 0 Å². The topological polar surface area (TPSA) is 271 Å². The van der Waals surface area contributed by atoms with E-state index in [2.05, 4.69) is 43.3 Å². The van der Waals surface area contributed by atoms with Gasteiger partial charge in [0, 0.05) is 67.2 Å². The van der Waals surface area contributed by atoms with Crippen LogP contribution in [0, 0.1) is 128 Å². The molecule has 19 nitrogen and oxygen atoms in total. The average molecular weight is 2200 g/mol. The first kappa shape index (κ1) is 111. The van der Waals surface area contributed by atoms with Crippen molar-refractivity contribution in [2.45, 2.75) is 120 Å². The Morgan fingerprint density at radius 2 is 0.580 bits per heavy atom. The zero-order valence-corrected chi connectivity index (χ0v) is 80.3. The molecule has 6 aliphatic rings. The number of alkyl halides is 15. The summed E-state index contributed by atoms with van der Waals surface area (Å²) in [5, 5.41) is 53.9. The highest BCUT2D eigenvalue weighted by Gasteiger charge is 2.73. The Morgan fingerprint density at radius 3 is 0.833 bits per heavy atom. The first-order valence-electron chi connectivity index (χ1n) is 41.4. The molecule has 1 unspecified atom stereocenters. The summed E-state index contributed by atoms with van der Waals surface area (Å²) in [4.78, 5) is 11.2. The zero-order valence-electron chi connectivity index (χ0n) is 75.4. The molecule has 1 atom stereocenters. The number of halogens is 25. The van der Waals surface area contributed by atoms with E-state index in [0.29, 0.717) is 35.4 Å². The number of hydrogen-bond acceptors (Lipinski definition) is 15. The van der Waals surface area contributed by atoms with E-state index in [-0.39, 0.29) is 128 Å². The Labute approximate surface area is 842 Å². The van der Waals surface area contributed by atoms with Gasteiger partial charge in [0.15, 0.2) is 9.84 Å². The molecule has 9 aromatic rings. The lowest BCUT2D eigenvalue weighted by atomic mass is 9.94. The van der Waals surface area contributed by atoms with Crippen molar-refractivity contribution in [1.29, 1.82) is 31.6 Å². The Morgan fingerprint density at radius 1 is 0.353 bits per heavy atom. The van der Waals surface area contributed by atoms with Gasteiger partial charge < -0.3 is 18.8 Å². The third kappa shape index (κ3) is 22.7. The van der Waals surface area contributed by atoms with Crippen molar-refractivity contribution >= 4 is 98.3 Å². The minimum Gasteiger partial charge on any atom is -0.772 e. The van der Waals surface area contributed by atoms with Crippen molar-refractivity contribution in [2.75, 3.05) is 6.26 Å². The Balaban J connectivity index is 0.000000188. The molecule has 0 spiro atoms. The number of aryl methyl sites for hydroxylation is 3. The van der Waals surface area contributed by atoms with E-state index in [1.807, 2.05) is 6.92 Å². The number of nitriles is 6. The lowest BCUT2D eigenvalue weighted by Crippen LogP contribution is -2.34. The van der Waals surface area contributed by atoms with Gasteiger partial charge >= 0.3 is 68.0 Å². The third-order valence-corrected chi connectivity index (χ3v) is 29.4. The largest absolute Gasteiger partial charge is 0.772 e. The number of hydrogen-bond donors (Lipinski definition) is 0. The highest BCUT2D eigenvalue weighted by molar-refractivity contribution is 8.46. The zero-order chi connectivity index (χ0) is 111. The molecular formula is C100H50F25N12O7S6-. The Hall–Kier alpha value is -16.4. The number of thioether (sulfide) groups is 2. The summed E-state index contributed by atoms with van der Waals surface area (Å²) >= 11 is -4.07. The number of sulfone groups is 1. The predicted octanol–water partition coefficient (Wildman–Crippen LogP) is 24.7. The van der Waals surface area contributed by atoms with Crippen LogP contribution in [0.1, 0.15) is 89.0 Å². The van der Waals surface area contributed by atoms with E-state index in [0.717, 1.165) is 65.9 Å². The second-order valence-corrected chi connectivity index (χ2v) is 42.6. The van der Waals surface area contributed by atoms with Crippen LogP contribution < -0.4 is 45.5 Å². The van der Waals surface area contributed by atoms with Crippen LogP contribution in [-0.4, -0.2) is 53.5 Å². The fraction of sp³-hybridized carbons (Fsp3) is 0.160. The van der Waals surface area contributed by atoms with Gasteiger partial charge in [-0.1, -0.05) is 176 Å². The maximum atomic E-state index is 15.5. The smallest absolute Gasteiger partial charge is 0.573 e. The number of rotatable bonds is 16. The SMILES string of the molecule is [C-]#[N+]C([N+]#[C-])=C1Cc2c(CS(=O)[O-])c3c(c(S(C)(=O)=O)c2=C1c1ccc(C)cc1)CC(=C(C#N)C#N)C=3c1ccc(OC(F)(F)F)cc1.[C-]#[N+]C([N+]#[C-])=C1Cc2c(S(F)(F)(F)(F)F)c3c(c(S(F)(F)(F)(F)F)c2=C1c1ccc(C)cc1)CC(=C(C#N)C#N)C=3c1ccc(OC(F)(F)F)cc1.[C-]#[N+]C([N+]#[C-])=C1Cc2c(SC(F)(F)F)c3c(c(SC(F)(F)F)c2=C1c1ccc(C)cc1)CC(=C(C#N)C#N)C=3c1ccc(OC(F)(F)F)cc1. The van der Waals surface area contributed by atoms with Crippen molar-refractivity contribution < 1.29 is 136 Å². The molecule has 6 aliphatic carbocycles. The van der Waals surface area contributed by atoms with Crippen LogP contribution in [0.4, 0.5) is 105 Å². The number of nitrogens with zero attached hydrogens (tertiary/aromatic N) is 12. The van der Waals surface area contributed by atoms with E-state index >= 15 is 38.9 Å². The molecule has 9 aromatic carbocycles. The van der Waals surface area contributed by atoms with Crippen LogP contribution in [0.15, 0.2) is 238 Å². The number of ether oxygens (including phenoxy) is 3. The van der Waals surface area contributed by atoms with E-state index < -0.39 is 252 Å². The predicted molar refractivity (Wildman–Crippen MR) is 495 cm³/mol. The summed E-state index contributed by atoms with van der Waals surface area (Å²) in [5.74, 6) is -5.10. The maximum absolute atomic E-state index is 15.5. The van der Waals surface area contributed by atoms with Gasteiger partial charge in [-0.3, -0.25) is 4.21 Å². The average Bonchev–Trinajstić information content (AvgIpc) is 1.42. The second-order valence-electron chi connectivity index (χ2n) is 32.9. The van der Waals surface area contributed by atoms with Crippen molar-refractivity contribution in [3.05, 3.63) is 402 Å². The molecule has 0 amide bonds. The van der Waals surface area contributed by atoms with Crippen molar-refractivity contribution in [1.82, 2.24) is 0 Å². The van der Waals surface area contributed by atoms with Crippen LogP contribution in [-0.2, 0) is 65.2 Å². The molecule has 0 saturated carbocycles. The van der Waals surface area contributed by atoms with Crippen molar-refractivity contribution in [3.63, 3.8) is 0 Å². The molecule has 0 fully saturated rings. The highest BCUT2D eigenvalue weighted by Crippen LogP contribution is 3.04. The number of allylic oxidation sites excluding steroid dienone is 9. The van der Waals surface area contributed by atoms with Crippen LogP contribution in [0.25, 0.3) is 62.5 Å². The second kappa shape index (κ2) is 38.4. The molecule has 150 heavy (non-hydrogen) atoms. The van der Waals surface area contributed by atoms with E-state index in [1.54, 1.807) is 67.6 Å². The third-order valence-electron chi connectivity index (χ3n) is 23.4. The Bertz CT molecular complexity index is 8780. The minimum absolute atomic E-state index is 0.0472. The first-order chi connectivity index (χ1) is 69.4. The fourth-order valence-electron chi connectivity index (χ4n) is 18.4. The summed E-state index contributed by atoms with van der Waals surface area (Å²) in [6.45, 7) is 50.3. The van der Waals surface area contributed by atoms with Gasteiger partial charge in [-0.25, -0.2) is 8.42 Å². The van der Waals surface area contributed by atoms with Crippen LogP contribution in [0.2, 0.25) is 0 Å². The lowest BCUT2D eigenvalue weighted by Gasteiger charge is -2.45. The highest BCUT2D eigenvalue weighted by atomic mass is 32.5. The first-order valence-corrected chi connectivity index (χ1v) is 50.1. The molecule has 0 N–H and O–H groups in total. The standard InChI is InChI=1S/C34H15F9N4OS2.C34H21F3N4O5S2.C32H15F13N4OS2/c1-16-4-6-17(7-5-16)26-24(31(46-2)47-3)13-23-28(26)29(49-33(38,39)40)22-12-21(19(14-44)15-45)25(27(22)30(23)50-34(41,42)43)18-8-10-20(11-9-18)48-32(35,36)37;1-18-5-7-19(8-6-18)29-26(33(40-2)41-3)14-24-27(17-47(42)43)30-25(32(31(24)29)48(4,44)45)13-23(21(15-38)16-39)28(30)20-9-11-22(12-10-20)46-34(35,36)37;1-16-4-6-17(7-5-16)26-24(31(48-2)49-3)13-23-28(26)29(51(36,37,38,39)40)22-12-21(19(14-46)15-47)25(27(22)30(23)52(41,42,43,44)45)18-8-10-20(11-9-18)50-32(33,34)35/h4-11H,12-13H2,1H3;5-12H,13-14,17H2,1,4H3,(H,42,43);4-11H,12-13H2,1H3/p-1. The maximum Gasteiger partial charge on any atom is 0.573 e. The van der Waals surface area contributed by atoms with Gasteiger partial charge in [0.2, 0.25) is 0 Å². The molecule has 0 aromatic heterocycles. The molecule has 0 radical (unpaired) electrons. The minimum atomic E-state index is -11.4. The van der Waals surface area contributed by atoms with E-state index in [1.165, 1.54) is 55.5 Å². The molecule has 0 heterocycles. The molecule has 0 bridgehead atoms. The van der Waals surface area contributed by atoms with Gasteiger partial charge in [-0.05, 0) is 228 Å². The quantitative estimate of drug-likeness (QED) is 0.0286. The van der Waals surface area contributed by atoms with Gasteiger partial charge in [0.05, 0.1) is 21.6 Å². The summed E-state index contributed by atoms with van der Waals surface area (Å²) < 4.78 is 421. The van der Waals surface area contributed by atoms with Gasteiger partial charge in [0.1, 0.15) is 120 Å². The van der Waals surface area contributed by atoms with Crippen LogP contribution >= 0.6 is 44.0 Å². The normalized spacial score (nSPS) is 15.1. The molecule has 50 heteroatoms. The lowest BCUT2D eigenvalue weighted by molar-refractivity contribution is -0.275. The molecule has 764 valence electrons. The van der Waals surface area contributed by atoms with E-state index in [4.69, 9.17) is 39.4 Å².